The SMILES string of the molecule is Cc1cc(C(=O)N2CC(N3C(=O)CSC3=O)C2)c(C)o1. The molecule has 6 nitrogen and oxygen atoms in total. The van der Waals surface area contributed by atoms with Gasteiger partial charge in [0.2, 0.25) is 5.91 Å². The van der Waals surface area contributed by atoms with Crippen LogP contribution in [0.4, 0.5) is 4.79 Å². The van der Waals surface area contributed by atoms with Gasteiger partial charge in [-0.1, -0.05) is 11.8 Å². The average Bonchev–Trinajstić information content (AvgIpc) is 2.83. The second-order valence-corrected chi connectivity index (χ2v) is 5.94. The molecular weight excluding hydrogens is 280 g/mol. The smallest absolute Gasteiger partial charge is 0.289 e. The van der Waals surface area contributed by atoms with Crippen molar-refractivity contribution in [1.82, 2.24) is 9.80 Å². The van der Waals surface area contributed by atoms with Crippen molar-refractivity contribution in [3.8, 4) is 0 Å². The van der Waals surface area contributed by atoms with Crippen molar-refractivity contribution in [2.75, 3.05) is 18.8 Å². The zero-order valence-corrected chi connectivity index (χ0v) is 12.0. The summed E-state index contributed by atoms with van der Waals surface area (Å²) >= 11 is 1.02. The van der Waals surface area contributed by atoms with Crippen LogP contribution in [0.5, 0.6) is 0 Å². The highest BCUT2D eigenvalue weighted by molar-refractivity contribution is 8.14. The van der Waals surface area contributed by atoms with E-state index in [0.29, 0.717) is 30.2 Å². The van der Waals surface area contributed by atoms with E-state index < -0.39 is 0 Å². The van der Waals surface area contributed by atoms with Gasteiger partial charge in [-0.2, -0.15) is 0 Å². The number of thioether (sulfide) groups is 1. The quantitative estimate of drug-likeness (QED) is 0.825. The van der Waals surface area contributed by atoms with Crippen LogP contribution in [0.15, 0.2) is 10.5 Å². The van der Waals surface area contributed by atoms with E-state index in [2.05, 4.69) is 0 Å². The van der Waals surface area contributed by atoms with Gasteiger partial charge in [-0.3, -0.25) is 19.3 Å². The summed E-state index contributed by atoms with van der Waals surface area (Å²) in [6.07, 6.45) is 0. The number of amides is 3. The number of carbonyl (C=O) groups is 3. The van der Waals surface area contributed by atoms with Crippen molar-refractivity contribution in [3.05, 3.63) is 23.2 Å². The fourth-order valence-electron chi connectivity index (χ4n) is 2.52. The first-order valence-electron chi connectivity index (χ1n) is 6.32. The first-order chi connectivity index (χ1) is 9.47. The summed E-state index contributed by atoms with van der Waals surface area (Å²) in [6.45, 7) is 4.35. The summed E-state index contributed by atoms with van der Waals surface area (Å²) in [5, 5.41) is -0.206. The van der Waals surface area contributed by atoms with Gasteiger partial charge in [0.1, 0.15) is 11.5 Å². The van der Waals surface area contributed by atoms with Crippen LogP contribution < -0.4 is 0 Å². The first kappa shape index (κ1) is 13.2. The molecular formula is C13H14N2O4S. The molecule has 2 aliphatic heterocycles. The molecule has 106 valence electrons. The lowest BCUT2D eigenvalue weighted by Crippen LogP contribution is -2.62. The molecule has 1 aromatic heterocycles. The Hall–Kier alpha value is -1.76. The number of hydrogen-bond donors (Lipinski definition) is 0. The van der Waals surface area contributed by atoms with Crippen LogP contribution in [0.3, 0.4) is 0 Å². The van der Waals surface area contributed by atoms with Gasteiger partial charge in [0.15, 0.2) is 0 Å². The average molecular weight is 294 g/mol. The molecule has 3 heterocycles. The minimum absolute atomic E-state index is 0.109. The molecule has 7 heteroatoms. The van der Waals surface area contributed by atoms with Crippen molar-refractivity contribution in [2.24, 2.45) is 0 Å². The van der Waals surface area contributed by atoms with E-state index in [1.54, 1.807) is 24.8 Å². The normalized spacial score (nSPS) is 19.7. The zero-order valence-electron chi connectivity index (χ0n) is 11.2. The predicted molar refractivity (Wildman–Crippen MR) is 72.6 cm³/mol. The molecule has 0 aliphatic carbocycles. The first-order valence-corrected chi connectivity index (χ1v) is 7.31. The molecule has 3 amide bonds. The van der Waals surface area contributed by atoms with Gasteiger partial charge in [0.05, 0.1) is 17.4 Å². The second kappa shape index (κ2) is 4.66. The fraction of sp³-hybridized carbons (Fsp3) is 0.462. The van der Waals surface area contributed by atoms with E-state index in [9.17, 15) is 14.4 Å². The van der Waals surface area contributed by atoms with E-state index in [1.165, 1.54) is 4.90 Å². The summed E-state index contributed by atoms with van der Waals surface area (Å²) in [4.78, 5) is 38.3. The highest BCUT2D eigenvalue weighted by Gasteiger charge is 2.43. The lowest BCUT2D eigenvalue weighted by Gasteiger charge is -2.42. The van der Waals surface area contributed by atoms with Crippen molar-refractivity contribution in [3.63, 3.8) is 0 Å². The van der Waals surface area contributed by atoms with E-state index in [-0.39, 0.29) is 28.8 Å². The van der Waals surface area contributed by atoms with Crippen LogP contribution in [0.1, 0.15) is 21.9 Å². The zero-order chi connectivity index (χ0) is 14.4. The molecule has 2 saturated heterocycles. The van der Waals surface area contributed by atoms with Crippen LogP contribution >= 0.6 is 11.8 Å². The standard InChI is InChI=1S/C13H14N2O4S/c1-7-3-10(8(2)19-7)12(17)14-4-9(5-14)15-11(16)6-20-13(15)18/h3,9H,4-6H2,1-2H3. The molecule has 0 unspecified atom stereocenters. The highest BCUT2D eigenvalue weighted by atomic mass is 32.2. The van der Waals surface area contributed by atoms with E-state index in [4.69, 9.17) is 4.42 Å². The minimum atomic E-state index is -0.206. The Balaban J connectivity index is 1.66. The van der Waals surface area contributed by atoms with E-state index >= 15 is 0 Å². The predicted octanol–water partition coefficient (Wildman–Crippen LogP) is 1.42. The molecule has 0 bridgehead atoms. The minimum Gasteiger partial charge on any atom is -0.466 e. The van der Waals surface area contributed by atoms with Crippen LogP contribution in [0.25, 0.3) is 0 Å². The number of hydrogen-bond acceptors (Lipinski definition) is 5. The van der Waals surface area contributed by atoms with Gasteiger partial charge in [-0.25, -0.2) is 0 Å². The summed E-state index contributed by atoms with van der Waals surface area (Å²) in [7, 11) is 0. The summed E-state index contributed by atoms with van der Waals surface area (Å²) < 4.78 is 5.35. The number of carbonyl (C=O) groups excluding carboxylic acids is 3. The number of imide groups is 1. The fourth-order valence-corrected chi connectivity index (χ4v) is 3.29. The van der Waals surface area contributed by atoms with Crippen LogP contribution in [-0.4, -0.2) is 51.7 Å². The van der Waals surface area contributed by atoms with Gasteiger partial charge in [-0.15, -0.1) is 0 Å². The molecule has 0 N–H and O–H groups in total. The molecule has 2 aliphatic rings. The van der Waals surface area contributed by atoms with Crippen LogP contribution in [0, 0.1) is 13.8 Å². The molecule has 0 aromatic carbocycles. The van der Waals surface area contributed by atoms with Gasteiger partial charge in [-0.05, 0) is 19.9 Å². The Kier molecular flexibility index (Phi) is 3.08. The lowest BCUT2D eigenvalue weighted by atomic mass is 10.1. The van der Waals surface area contributed by atoms with Gasteiger partial charge in [0.25, 0.3) is 11.1 Å². The second-order valence-electron chi connectivity index (χ2n) is 5.01. The van der Waals surface area contributed by atoms with Crippen LogP contribution in [0.2, 0.25) is 0 Å². The third kappa shape index (κ3) is 2.02. The monoisotopic (exact) mass is 294 g/mol. The molecule has 20 heavy (non-hydrogen) atoms. The van der Waals surface area contributed by atoms with Gasteiger partial charge >= 0.3 is 0 Å². The van der Waals surface area contributed by atoms with Crippen LogP contribution in [-0.2, 0) is 4.79 Å². The van der Waals surface area contributed by atoms with E-state index in [0.717, 1.165) is 11.8 Å². The molecule has 2 fully saturated rings. The Morgan fingerprint density at radius 1 is 1.35 bits per heavy atom. The molecule has 3 rings (SSSR count). The van der Waals surface area contributed by atoms with Crippen molar-refractivity contribution in [1.29, 1.82) is 0 Å². The topological polar surface area (TPSA) is 70.8 Å². The lowest BCUT2D eigenvalue weighted by molar-refractivity contribution is -0.128. The van der Waals surface area contributed by atoms with Gasteiger partial charge < -0.3 is 9.32 Å². The van der Waals surface area contributed by atoms with Gasteiger partial charge in [0, 0.05) is 13.1 Å². The maximum atomic E-state index is 12.3. The number of rotatable bonds is 2. The maximum absolute atomic E-state index is 12.3. The number of aryl methyl sites for hydroxylation is 2. The Morgan fingerprint density at radius 3 is 2.55 bits per heavy atom. The molecule has 0 saturated carbocycles. The molecule has 0 spiro atoms. The largest absolute Gasteiger partial charge is 0.466 e. The molecule has 0 atom stereocenters. The summed E-state index contributed by atoms with van der Waals surface area (Å²) in [5.74, 6) is 1.24. The maximum Gasteiger partial charge on any atom is 0.289 e. The highest BCUT2D eigenvalue weighted by Crippen LogP contribution is 2.27. The van der Waals surface area contributed by atoms with Crippen molar-refractivity contribution in [2.45, 2.75) is 19.9 Å². The van der Waals surface area contributed by atoms with Crippen molar-refractivity contribution < 1.29 is 18.8 Å². The third-order valence-corrected chi connectivity index (χ3v) is 4.41. The number of furan rings is 1. The third-order valence-electron chi connectivity index (χ3n) is 3.57. The van der Waals surface area contributed by atoms with Crippen molar-refractivity contribution >= 4 is 28.8 Å². The van der Waals surface area contributed by atoms with E-state index in [1.807, 2.05) is 0 Å². The number of likely N-dealkylation sites (tertiary alicyclic amines) is 1. The number of nitrogens with zero attached hydrogens (tertiary/aromatic N) is 2. The summed E-state index contributed by atoms with van der Waals surface area (Å²) in [5.41, 5.74) is 0.550. The summed E-state index contributed by atoms with van der Waals surface area (Å²) in [6, 6.07) is 1.54. The Labute approximate surface area is 120 Å². The molecule has 0 radical (unpaired) electrons. The Morgan fingerprint density at radius 2 is 2.05 bits per heavy atom. The molecule has 1 aromatic rings. The Bertz CT molecular complexity index is 588.